The highest BCUT2D eigenvalue weighted by Gasteiger charge is 2.10. The van der Waals surface area contributed by atoms with Crippen LogP contribution in [0.2, 0.25) is 0 Å². The van der Waals surface area contributed by atoms with Crippen LogP contribution in [-0.4, -0.2) is 38.0 Å². The summed E-state index contributed by atoms with van der Waals surface area (Å²) in [6.07, 6.45) is 0.286. The molecule has 1 N–H and O–H groups in total. The second kappa shape index (κ2) is 6.44. The van der Waals surface area contributed by atoms with Gasteiger partial charge in [0.1, 0.15) is 0 Å². The van der Waals surface area contributed by atoms with Crippen LogP contribution in [0.4, 0.5) is 0 Å². The Morgan fingerprint density at radius 3 is 2.69 bits per heavy atom. The van der Waals surface area contributed by atoms with Crippen LogP contribution in [0.5, 0.6) is 0 Å². The quantitative estimate of drug-likeness (QED) is 0.663. The third kappa shape index (κ3) is 6.12. The number of nitrogens with one attached hydrogen (secondary N) is 1. The van der Waals surface area contributed by atoms with Gasteiger partial charge in [-0.1, -0.05) is 6.92 Å². The lowest BCUT2D eigenvalue weighted by Crippen LogP contribution is -2.34. The van der Waals surface area contributed by atoms with Crippen molar-refractivity contribution >= 4 is 5.91 Å². The van der Waals surface area contributed by atoms with Gasteiger partial charge in [-0.15, -0.1) is 0 Å². The third-order valence-electron chi connectivity index (χ3n) is 1.70. The molecule has 1 unspecified atom stereocenters. The van der Waals surface area contributed by atoms with Crippen molar-refractivity contribution in [2.75, 3.05) is 27.2 Å². The highest BCUT2D eigenvalue weighted by atomic mass is 16.1. The largest absolute Gasteiger partial charge is 0.355 e. The molecule has 0 aliphatic rings. The summed E-state index contributed by atoms with van der Waals surface area (Å²) in [6, 6.07) is 1.98. The summed E-state index contributed by atoms with van der Waals surface area (Å²) in [6.45, 7) is 3.22. The maximum absolute atomic E-state index is 11.2. The van der Waals surface area contributed by atoms with Crippen LogP contribution >= 0.6 is 0 Å². The van der Waals surface area contributed by atoms with E-state index in [4.69, 9.17) is 5.26 Å². The Morgan fingerprint density at radius 1 is 1.62 bits per heavy atom. The van der Waals surface area contributed by atoms with Crippen LogP contribution in [0.25, 0.3) is 0 Å². The molecule has 0 saturated heterocycles. The molecule has 0 aromatic carbocycles. The van der Waals surface area contributed by atoms with E-state index in [0.717, 1.165) is 6.54 Å². The van der Waals surface area contributed by atoms with Crippen molar-refractivity contribution in [2.24, 2.45) is 5.92 Å². The number of hydrogen-bond donors (Lipinski definition) is 1. The number of amides is 1. The molecule has 74 valence electrons. The normalized spacial score (nSPS) is 12.2. The van der Waals surface area contributed by atoms with Crippen LogP contribution in [0, 0.1) is 17.2 Å². The van der Waals surface area contributed by atoms with E-state index in [1.54, 1.807) is 6.92 Å². The molecular weight excluding hydrogens is 166 g/mol. The van der Waals surface area contributed by atoms with Crippen LogP contribution in [0.15, 0.2) is 0 Å². The molecule has 0 radical (unpaired) electrons. The molecule has 0 fully saturated rings. The fraction of sp³-hybridized carbons (Fsp3) is 0.778. The summed E-state index contributed by atoms with van der Waals surface area (Å²) in [4.78, 5) is 13.2. The topological polar surface area (TPSA) is 56.1 Å². The zero-order valence-electron chi connectivity index (χ0n) is 8.50. The Balaban J connectivity index is 3.57. The first-order valence-corrected chi connectivity index (χ1v) is 4.37. The van der Waals surface area contributed by atoms with Crippen molar-refractivity contribution in [1.82, 2.24) is 10.2 Å². The summed E-state index contributed by atoms with van der Waals surface area (Å²) in [5.41, 5.74) is 0. The molecule has 0 aromatic heterocycles. The van der Waals surface area contributed by atoms with E-state index in [9.17, 15) is 4.79 Å². The average molecular weight is 183 g/mol. The van der Waals surface area contributed by atoms with Gasteiger partial charge in [-0.05, 0) is 14.1 Å². The molecule has 0 heterocycles. The monoisotopic (exact) mass is 183 g/mol. The van der Waals surface area contributed by atoms with Gasteiger partial charge in [0.25, 0.3) is 0 Å². The van der Waals surface area contributed by atoms with Gasteiger partial charge in [0.2, 0.25) is 5.91 Å². The molecule has 0 spiro atoms. The second-order valence-electron chi connectivity index (χ2n) is 3.36. The number of likely N-dealkylation sites (N-methyl/N-ethyl adjacent to an activating group) is 1. The van der Waals surface area contributed by atoms with E-state index in [1.165, 1.54) is 0 Å². The SMILES string of the molecule is CC(CC#N)C(=O)NCCN(C)C. The predicted octanol–water partition coefficient (Wildman–Crippen LogP) is 0.214. The van der Waals surface area contributed by atoms with Gasteiger partial charge >= 0.3 is 0 Å². The number of nitrogens with zero attached hydrogens (tertiary/aromatic N) is 2. The fourth-order valence-corrected chi connectivity index (χ4v) is 0.807. The van der Waals surface area contributed by atoms with Gasteiger partial charge in [0.05, 0.1) is 6.07 Å². The van der Waals surface area contributed by atoms with Crippen molar-refractivity contribution < 1.29 is 4.79 Å². The number of carbonyl (C=O) groups excluding carboxylic acids is 1. The van der Waals surface area contributed by atoms with Crippen LogP contribution in [0.1, 0.15) is 13.3 Å². The predicted molar refractivity (Wildman–Crippen MR) is 51.0 cm³/mol. The van der Waals surface area contributed by atoms with E-state index in [0.29, 0.717) is 6.54 Å². The molecule has 1 atom stereocenters. The van der Waals surface area contributed by atoms with Gasteiger partial charge in [-0.25, -0.2) is 0 Å². The summed E-state index contributed by atoms with van der Waals surface area (Å²) in [5, 5.41) is 11.1. The standard InChI is InChI=1S/C9H17N3O/c1-8(4-5-10)9(13)11-6-7-12(2)3/h8H,4,6-7H2,1-3H3,(H,11,13). The number of nitriles is 1. The highest BCUT2D eigenvalue weighted by molar-refractivity contribution is 5.78. The maximum atomic E-state index is 11.2. The third-order valence-corrected chi connectivity index (χ3v) is 1.70. The Labute approximate surface area is 79.5 Å². The Kier molecular flexibility index (Phi) is 5.90. The molecule has 0 aliphatic heterocycles. The van der Waals surface area contributed by atoms with Gasteiger partial charge in [0, 0.05) is 25.4 Å². The van der Waals surface area contributed by atoms with Gasteiger partial charge in [-0.2, -0.15) is 5.26 Å². The van der Waals surface area contributed by atoms with Gasteiger partial charge in [0.15, 0.2) is 0 Å². The molecule has 0 rings (SSSR count). The van der Waals surface area contributed by atoms with E-state index in [2.05, 4.69) is 5.32 Å². The molecule has 4 nitrogen and oxygen atoms in total. The number of hydrogen-bond acceptors (Lipinski definition) is 3. The second-order valence-corrected chi connectivity index (χ2v) is 3.36. The maximum Gasteiger partial charge on any atom is 0.223 e. The van der Waals surface area contributed by atoms with Gasteiger partial charge < -0.3 is 10.2 Å². The molecule has 0 saturated carbocycles. The summed E-state index contributed by atoms with van der Waals surface area (Å²) >= 11 is 0. The lowest BCUT2D eigenvalue weighted by atomic mass is 10.1. The first-order valence-electron chi connectivity index (χ1n) is 4.37. The minimum absolute atomic E-state index is 0.0385. The first-order chi connectivity index (χ1) is 6.07. The first kappa shape index (κ1) is 11.9. The molecule has 0 aromatic rings. The van der Waals surface area contributed by atoms with Gasteiger partial charge in [-0.3, -0.25) is 4.79 Å². The zero-order chi connectivity index (χ0) is 10.3. The minimum atomic E-state index is -0.202. The minimum Gasteiger partial charge on any atom is -0.355 e. The molecule has 1 amide bonds. The Hall–Kier alpha value is -1.08. The van der Waals surface area contributed by atoms with Crippen molar-refractivity contribution in [3.05, 3.63) is 0 Å². The number of carbonyl (C=O) groups is 1. The molecule has 4 heteroatoms. The molecule has 13 heavy (non-hydrogen) atoms. The molecular formula is C9H17N3O. The van der Waals surface area contributed by atoms with E-state index < -0.39 is 0 Å². The smallest absolute Gasteiger partial charge is 0.223 e. The van der Waals surface area contributed by atoms with Crippen molar-refractivity contribution in [3.63, 3.8) is 0 Å². The van der Waals surface area contributed by atoms with Crippen LogP contribution < -0.4 is 5.32 Å². The Morgan fingerprint density at radius 2 is 2.23 bits per heavy atom. The van der Waals surface area contributed by atoms with Crippen molar-refractivity contribution in [2.45, 2.75) is 13.3 Å². The lowest BCUT2D eigenvalue weighted by molar-refractivity contribution is -0.124. The van der Waals surface area contributed by atoms with Crippen LogP contribution in [-0.2, 0) is 4.79 Å². The summed E-state index contributed by atoms with van der Waals surface area (Å²) < 4.78 is 0. The molecule has 0 bridgehead atoms. The lowest BCUT2D eigenvalue weighted by Gasteiger charge is -2.12. The average Bonchev–Trinajstić information content (AvgIpc) is 2.04. The van der Waals surface area contributed by atoms with Crippen LogP contribution in [0.3, 0.4) is 0 Å². The summed E-state index contributed by atoms with van der Waals surface area (Å²) in [5.74, 6) is -0.240. The van der Waals surface area contributed by atoms with E-state index >= 15 is 0 Å². The summed E-state index contributed by atoms with van der Waals surface area (Å²) in [7, 11) is 3.90. The zero-order valence-corrected chi connectivity index (χ0v) is 8.50. The van der Waals surface area contributed by atoms with Crippen molar-refractivity contribution in [3.8, 4) is 6.07 Å². The van der Waals surface area contributed by atoms with Crippen molar-refractivity contribution in [1.29, 1.82) is 5.26 Å². The highest BCUT2D eigenvalue weighted by Crippen LogP contribution is 1.98. The molecule has 0 aliphatic carbocycles. The van der Waals surface area contributed by atoms with E-state index in [-0.39, 0.29) is 18.2 Å². The Bertz CT molecular complexity index is 196. The fourth-order valence-electron chi connectivity index (χ4n) is 0.807. The number of rotatable bonds is 5. The van der Waals surface area contributed by atoms with E-state index in [1.807, 2.05) is 25.1 Å².